The highest BCUT2D eigenvalue weighted by Crippen LogP contribution is 2.12. The molecule has 0 radical (unpaired) electrons. The topological polar surface area (TPSA) is 80.3 Å². The number of sulfone groups is 1. The Balaban J connectivity index is 1.97. The second-order valence-corrected chi connectivity index (χ2v) is 8.36. The van der Waals surface area contributed by atoms with Crippen molar-refractivity contribution in [2.45, 2.75) is 6.92 Å². The molecule has 0 atom stereocenters. The van der Waals surface area contributed by atoms with Crippen molar-refractivity contribution in [3.05, 3.63) is 64.1 Å². The van der Waals surface area contributed by atoms with Crippen molar-refractivity contribution < 1.29 is 18.0 Å². The SMILES string of the molecule is Cc1ccc(NC(=O)CS(=O)(=O)CC(=O)c2ccc(Br)cc2)cc1. The molecule has 0 spiro atoms. The van der Waals surface area contributed by atoms with E-state index in [-0.39, 0.29) is 0 Å². The maximum Gasteiger partial charge on any atom is 0.239 e. The third-order valence-electron chi connectivity index (χ3n) is 3.20. The van der Waals surface area contributed by atoms with E-state index in [0.29, 0.717) is 11.3 Å². The fourth-order valence-electron chi connectivity index (χ4n) is 2.00. The van der Waals surface area contributed by atoms with Gasteiger partial charge in [-0.25, -0.2) is 8.42 Å². The van der Waals surface area contributed by atoms with Gasteiger partial charge in [-0.1, -0.05) is 45.8 Å². The number of halogens is 1. The van der Waals surface area contributed by atoms with Crippen molar-refractivity contribution in [1.29, 1.82) is 0 Å². The van der Waals surface area contributed by atoms with E-state index in [0.717, 1.165) is 10.0 Å². The van der Waals surface area contributed by atoms with Gasteiger partial charge in [0, 0.05) is 15.7 Å². The van der Waals surface area contributed by atoms with E-state index in [1.54, 1.807) is 36.4 Å². The van der Waals surface area contributed by atoms with Crippen LogP contribution in [0.15, 0.2) is 53.0 Å². The van der Waals surface area contributed by atoms with Crippen molar-refractivity contribution in [3.63, 3.8) is 0 Å². The second-order valence-electron chi connectivity index (χ2n) is 5.38. The highest BCUT2D eigenvalue weighted by atomic mass is 79.9. The fourth-order valence-corrected chi connectivity index (χ4v) is 3.41. The molecule has 0 aliphatic heterocycles. The Bertz CT molecular complexity index is 843. The number of carbonyl (C=O) groups excluding carboxylic acids is 2. The average molecular weight is 410 g/mol. The fraction of sp³-hybridized carbons (Fsp3) is 0.176. The molecule has 0 unspecified atom stereocenters. The van der Waals surface area contributed by atoms with Gasteiger partial charge in [-0.2, -0.15) is 0 Å². The Kier molecular flexibility index (Phi) is 5.90. The Labute approximate surface area is 149 Å². The number of nitrogens with one attached hydrogen (secondary N) is 1. The number of ketones is 1. The van der Waals surface area contributed by atoms with Crippen LogP contribution in [0.5, 0.6) is 0 Å². The molecule has 2 rings (SSSR count). The minimum Gasteiger partial charge on any atom is -0.325 e. The summed E-state index contributed by atoms with van der Waals surface area (Å²) >= 11 is 3.24. The lowest BCUT2D eigenvalue weighted by molar-refractivity contribution is -0.113. The molecule has 0 aliphatic rings. The van der Waals surface area contributed by atoms with Crippen LogP contribution in [0.2, 0.25) is 0 Å². The number of rotatable bonds is 6. The molecule has 0 fully saturated rings. The number of hydrogen-bond donors (Lipinski definition) is 1. The monoisotopic (exact) mass is 409 g/mol. The number of aryl methyl sites for hydroxylation is 1. The molecule has 126 valence electrons. The lowest BCUT2D eigenvalue weighted by atomic mass is 10.2. The molecule has 0 aliphatic carbocycles. The van der Waals surface area contributed by atoms with Crippen molar-refractivity contribution in [2.24, 2.45) is 0 Å². The lowest BCUT2D eigenvalue weighted by Gasteiger charge is -2.07. The van der Waals surface area contributed by atoms with E-state index in [1.165, 1.54) is 12.1 Å². The van der Waals surface area contributed by atoms with Crippen LogP contribution in [-0.2, 0) is 14.6 Å². The minimum atomic E-state index is -3.84. The largest absolute Gasteiger partial charge is 0.325 e. The molecule has 1 N–H and O–H groups in total. The van der Waals surface area contributed by atoms with E-state index in [2.05, 4.69) is 21.2 Å². The van der Waals surface area contributed by atoms with Gasteiger partial charge < -0.3 is 5.32 Å². The second kappa shape index (κ2) is 7.72. The first-order valence-electron chi connectivity index (χ1n) is 7.11. The molecule has 0 saturated heterocycles. The predicted octanol–water partition coefficient (Wildman–Crippen LogP) is 2.99. The van der Waals surface area contributed by atoms with E-state index in [9.17, 15) is 18.0 Å². The van der Waals surface area contributed by atoms with Gasteiger partial charge in [0.1, 0.15) is 11.5 Å². The summed E-state index contributed by atoms with van der Waals surface area (Å²) in [6.07, 6.45) is 0. The first kappa shape index (κ1) is 18.4. The van der Waals surface area contributed by atoms with Crippen LogP contribution in [0.3, 0.4) is 0 Å². The maximum atomic E-state index is 12.0. The predicted molar refractivity (Wildman–Crippen MR) is 96.9 cm³/mol. The first-order chi connectivity index (χ1) is 11.2. The molecule has 24 heavy (non-hydrogen) atoms. The minimum absolute atomic E-state index is 0.292. The van der Waals surface area contributed by atoms with Crippen LogP contribution < -0.4 is 5.32 Å². The molecule has 0 bridgehead atoms. The third-order valence-corrected chi connectivity index (χ3v) is 5.14. The van der Waals surface area contributed by atoms with Crippen LogP contribution in [0.25, 0.3) is 0 Å². The van der Waals surface area contributed by atoms with Crippen molar-refractivity contribution >= 4 is 43.1 Å². The number of Topliss-reactive ketones (excluding diaryl/α,β-unsaturated/α-hetero) is 1. The highest BCUT2D eigenvalue weighted by molar-refractivity contribution is 9.10. The number of anilines is 1. The maximum absolute atomic E-state index is 12.0. The number of hydrogen-bond acceptors (Lipinski definition) is 4. The van der Waals surface area contributed by atoms with Crippen LogP contribution in [0.1, 0.15) is 15.9 Å². The summed E-state index contributed by atoms with van der Waals surface area (Å²) in [6, 6.07) is 13.4. The van der Waals surface area contributed by atoms with Crippen molar-refractivity contribution in [1.82, 2.24) is 0 Å². The van der Waals surface area contributed by atoms with Gasteiger partial charge in [0.05, 0.1) is 0 Å². The normalized spacial score (nSPS) is 11.1. The Morgan fingerprint density at radius 2 is 1.54 bits per heavy atom. The smallest absolute Gasteiger partial charge is 0.239 e. The van der Waals surface area contributed by atoms with Crippen LogP contribution in [0.4, 0.5) is 5.69 Å². The molecular weight excluding hydrogens is 394 g/mol. The zero-order valence-corrected chi connectivity index (χ0v) is 15.4. The zero-order chi connectivity index (χ0) is 17.7. The summed E-state index contributed by atoms with van der Waals surface area (Å²) in [5, 5.41) is 2.51. The zero-order valence-electron chi connectivity index (χ0n) is 13.0. The molecule has 5 nitrogen and oxygen atoms in total. The van der Waals surface area contributed by atoms with E-state index >= 15 is 0 Å². The van der Waals surface area contributed by atoms with E-state index in [4.69, 9.17) is 0 Å². The standard InChI is InChI=1S/C17H16BrNO4S/c1-12-2-8-15(9-3-12)19-17(21)11-24(22,23)10-16(20)13-4-6-14(18)7-5-13/h2-9H,10-11H2,1H3,(H,19,21). The van der Waals surface area contributed by atoms with Crippen molar-refractivity contribution in [2.75, 3.05) is 16.8 Å². The Morgan fingerprint density at radius 3 is 2.12 bits per heavy atom. The molecule has 1 amide bonds. The van der Waals surface area contributed by atoms with Crippen LogP contribution in [-0.4, -0.2) is 31.6 Å². The number of benzene rings is 2. The number of amides is 1. The third kappa shape index (κ3) is 5.58. The Hall–Kier alpha value is -1.99. The van der Waals surface area contributed by atoms with Gasteiger partial charge >= 0.3 is 0 Å². The molecular formula is C17H16BrNO4S. The van der Waals surface area contributed by atoms with Crippen LogP contribution in [0, 0.1) is 6.92 Å². The molecule has 2 aromatic carbocycles. The molecule has 2 aromatic rings. The summed E-state index contributed by atoms with van der Waals surface area (Å²) < 4.78 is 24.9. The summed E-state index contributed by atoms with van der Waals surface area (Å²) in [5.74, 6) is -2.63. The van der Waals surface area contributed by atoms with Gasteiger partial charge in [-0.3, -0.25) is 9.59 Å². The summed E-state index contributed by atoms with van der Waals surface area (Å²) in [7, 11) is -3.84. The summed E-state index contributed by atoms with van der Waals surface area (Å²) in [6.45, 7) is 1.91. The molecule has 0 heterocycles. The van der Waals surface area contributed by atoms with E-state index < -0.39 is 33.0 Å². The summed E-state index contributed by atoms with van der Waals surface area (Å²) in [5.41, 5.74) is 1.83. The molecule has 0 aromatic heterocycles. The summed E-state index contributed by atoms with van der Waals surface area (Å²) in [4.78, 5) is 23.9. The van der Waals surface area contributed by atoms with Crippen molar-refractivity contribution in [3.8, 4) is 0 Å². The molecule has 7 heteroatoms. The quantitative estimate of drug-likeness (QED) is 0.743. The lowest BCUT2D eigenvalue weighted by Crippen LogP contribution is -2.27. The Morgan fingerprint density at radius 1 is 0.958 bits per heavy atom. The van der Waals surface area contributed by atoms with Gasteiger partial charge in [-0.05, 0) is 31.2 Å². The number of carbonyl (C=O) groups is 2. The molecule has 0 saturated carbocycles. The van der Waals surface area contributed by atoms with Gasteiger partial charge in [0.15, 0.2) is 15.6 Å². The first-order valence-corrected chi connectivity index (χ1v) is 9.72. The van der Waals surface area contributed by atoms with Gasteiger partial charge in [-0.15, -0.1) is 0 Å². The average Bonchev–Trinajstić information content (AvgIpc) is 2.49. The highest BCUT2D eigenvalue weighted by Gasteiger charge is 2.21. The van der Waals surface area contributed by atoms with E-state index in [1.807, 2.05) is 6.92 Å². The van der Waals surface area contributed by atoms with Gasteiger partial charge in [0.2, 0.25) is 5.91 Å². The van der Waals surface area contributed by atoms with Crippen LogP contribution >= 0.6 is 15.9 Å². The van der Waals surface area contributed by atoms with Gasteiger partial charge in [0.25, 0.3) is 0 Å².